The van der Waals surface area contributed by atoms with Crippen LogP contribution >= 0.6 is 0 Å². The Hall–Kier alpha value is -1.29. The van der Waals surface area contributed by atoms with E-state index in [1.54, 1.807) is 4.31 Å². The third-order valence-electron chi connectivity index (χ3n) is 5.40. The molecule has 1 aromatic carbocycles. The maximum absolute atomic E-state index is 13.1. The summed E-state index contributed by atoms with van der Waals surface area (Å²) in [6.07, 6.45) is 3.32. The molecule has 6 nitrogen and oxygen atoms in total. The number of piperidine rings is 1. The second-order valence-corrected chi connectivity index (χ2v) is 9.05. The summed E-state index contributed by atoms with van der Waals surface area (Å²) in [6, 6.07) is 5.16. The molecule has 0 saturated carbocycles. The third-order valence-corrected chi connectivity index (χ3v) is 7.42. The van der Waals surface area contributed by atoms with E-state index < -0.39 is 22.7 Å². The van der Waals surface area contributed by atoms with Gasteiger partial charge in [-0.15, -0.1) is 0 Å². The number of hydrogen-bond donors (Lipinski definition) is 2. The summed E-state index contributed by atoms with van der Waals surface area (Å²) in [7, 11) is -3.69. The first kappa shape index (κ1) is 20.4. The Morgan fingerprint density at radius 2 is 1.81 bits per heavy atom. The van der Waals surface area contributed by atoms with Crippen LogP contribution in [0, 0.1) is 0 Å². The number of alkyl halides is 2. The average molecular weight is 404 g/mol. The minimum absolute atomic E-state index is 0.0655. The number of fused-ring (bicyclic) bond motifs is 2. The molecular formula is C18H26F2N2O4S. The smallest absolute Gasteiger partial charge is 0.387 e. The molecule has 0 amide bonds. The molecule has 9 heteroatoms. The van der Waals surface area contributed by atoms with Crippen LogP contribution in [0.5, 0.6) is 5.75 Å². The van der Waals surface area contributed by atoms with Gasteiger partial charge in [0.05, 0.1) is 11.0 Å². The lowest BCUT2D eigenvalue weighted by Gasteiger charge is -2.38. The highest BCUT2D eigenvalue weighted by molar-refractivity contribution is 7.89. The van der Waals surface area contributed by atoms with Crippen molar-refractivity contribution in [2.24, 2.45) is 0 Å². The zero-order chi connectivity index (χ0) is 19.6. The molecule has 4 atom stereocenters. The van der Waals surface area contributed by atoms with Crippen LogP contribution in [-0.4, -0.2) is 55.2 Å². The highest BCUT2D eigenvalue weighted by atomic mass is 32.2. The van der Waals surface area contributed by atoms with Gasteiger partial charge in [0.1, 0.15) is 5.75 Å². The molecule has 2 heterocycles. The van der Waals surface area contributed by atoms with Gasteiger partial charge in [0.15, 0.2) is 0 Å². The Kier molecular flexibility index (Phi) is 6.35. The quantitative estimate of drug-likeness (QED) is 0.695. The fourth-order valence-corrected chi connectivity index (χ4v) is 5.95. The second kappa shape index (κ2) is 8.38. The highest BCUT2D eigenvalue weighted by Gasteiger charge is 2.47. The molecule has 0 spiro atoms. The number of hydrogen-bond acceptors (Lipinski definition) is 5. The number of nitrogens with one attached hydrogen (secondary N) is 1. The number of ether oxygens (including phenoxy) is 1. The lowest BCUT2D eigenvalue weighted by molar-refractivity contribution is -0.0498. The average Bonchev–Trinajstić information content (AvgIpc) is 2.91. The van der Waals surface area contributed by atoms with Crippen molar-refractivity contribution in [2.45, 2.75) is 74.8 Å². The molecule has 2 aliphatic rings. The van der Waals surface area contributed by atoms with E-state index in [1.807, 2.05) is 6.92 Å². The first-order chi connectivity index (χ1) is 12.8. The van der Waals surface area contributed by atoms with Crippen molar-refractivity contribution in [3.05, 3.63) is 24.3 Å². The summed E-state index contributed by atoms with van der Waals surface area (Å²) in [5.74, 6) is -0.0655. The van der Waals surface area contributed by atoms with E-state index >= 15 is 0 Å². The Morgan fingerprint density at radius 3 is 2.33 bits per heavy atom. The van der Waals surface area contributed by atoms with Gasteiger partial charge >= 0.3 is 6.61 Å². The Balaban J connectivity index is 1.69. The summed E-state index contributed by atoms with van der Waals surface area (Å²) in [6.45, 7) is -0.511. The van der Waals surface area contributed by atoms with Crippen molar-refractivity contribution < 1.29 is 27.0 Å². The summed E-state index contributed by atoms with van der Waals surface area (Å²) < 4.78 is 56.5. The molecule has 0 radical (unpaired) electrons. The first-order valence-electron chi connectivity index (χ1n) is 9.31. The van der Waals surface area contributed by atoms with Crippen LogP contribution < -0.4 is 10.1 Å². The van der Waals surface area contributed by atoms with E-state index in [9.17, 15) is 22.3 Å². The predicted molar refractivity (Wildman–Crippen MR) is 96.2 cm³/mol. The normalized spacial score (nSPS) is 27.1. The summed E-state index contributed by atoms with van der Waals surface area (Å²) in [4.78, 5) is 0.0915. The summed E-state index contributed by atoms with van der Waals surface area (Å²) >= 11 is 0. The minimum atomic E-state index is -3.69. The van der Waals surface area contributed by atoms with E-state index in [0.717, 1.165) is 12.8 Å². The van der Waals surface area contributed by atoms with E-state index in [2.05, 4.69) is 10.1 Å². The van der Waals surface area contributed by atoms with Crippen molar-refractivity contribution >= 4 is 10.0 Å². The number of sulfonamides is 1. The number of benzene rings is 1. The molecule has 1 aromatic rings. The molecule has 2 N–H and O–H groups in total. The molecule has 3 rings (SSSR count). The minimum Gasteiger partial charge on any atom is -0.435 e. The van der Waals surface area contributed by atoms with Gasteiger partial charge in [-0.05, 0) is 56.4 Å². The van der Waals surface area contributed by atoms with Crippen molar-refractivity contribution in [1.82, 2.24) is 9.62 Å². The van der Waals surface area contributed by atoms with Crippen molar-refractivity contribution in [3.63, 3.8) is 0 Å². The van der Waals surface area contributed by atoms with Crippen LogP contribution in [0.4, 0.5) is 8.78 Å². The zero-order valence-electron chi connectivity index (χ0n) is 15.2. The largest absolute Gasteiger partial charge is 0.435 e. The van der Waals surface area contributed by atoms with Crippen LogP contribution in [0.15, 0.2) is 29.2 Å². The standard InChI is InChI=1S/C18H26F2N2O4S/c1-2-15(23)11-21-12-9-13-3-4-14(10-12)22(13)27(24,25)17-7-5-16(6-8-17)26-18(19)20/h5-8,12-15,18,21,23H,2-4,9-11H2,1H3/t12?,13-,14+,15?. The van der Waals surface area contributed by atoms with Crippen molar-refractivity contribution in [2.75, 3.05) is 6.54 Å². The van der Waals surface area contributed by atoms with Gasteiger partial charge in [0.25, 0.3) is 0 Å². The van der Waals surface area contributed by atoms with Crippen LogP contribution in [0.1, 0.15) is 39.0 Å². The lowest BCUT2D eigenvalue weighted by atomic mass is 9.99. The Morgan fingerprint density at radius 1 is 1.22 bits per heavy atom. The molecular weight excluding hydrogens is 378 g/mol. The van der Waals surface area contributed by atoms with Crippen LogP contribution in [0.25, 0.3) is 0 Å². The van der Waals surface area contributed by atoms with Gasteiger partial charge in [0, 0.05) is 24.7 Å². The fourth-order valence-electron chi connectivity index (χ4n) is 4.05. The highest BCUT2D eigenvalue weighted by Crippen LogP contribution is 2.40. The van der Waals surface area contributed by atoms with Gasteiger partial charge in [0.2, 0.25) is 10.0 Å². The van der Waals surface area contributed by atoms with Gasteiger partial charge in [-0.1, -0.05) is 6.92 Å². The topological polar surface area (TPSA) is 78.9 Å². The van der Waals surface area contributed by atoms with Gasteiger partial charge < -0.3 is 15.2 Å². The molecule has 2 bridgehead atoms. The molecule has 27 heavy (non-hydrogen) atoms. The van der Waals surface area contributed by atoms with Crippen LogP contribution in [0.3, 0.4) is 0 Å². The summed E-state index contributed by atoms with van der Waals surface area (Å²) in [5, 5.41) is 13.1. The van der Waals surface area contributed by atoms with Crippen molar-refractivity contribution in [3.8, 4) is 5.75 Å². The number of rotatable bonds is 8. The second-order valence-electron chi connectivity index (χ2n) is 7.21. The Labute approximate surface area is 158 Å². The summed E-state index contributed by atoms with van der Waals surface area (Å²) in [5.41, 5.74) is 0. The first-order valence-corrected chi connectivity index (χ1v) is 10.7. The molecule has 2 saturated heterocycles. The number of nitrogens with zero attached hydrogens (tertiary/aromatic N) is 1. The number of aliphatic hydroxyl groups is 1. The van der Waals surface area contributed by atoms with E-state index in [-0.39, 0.29) is 28.8 Å². The van der Waals surface area contributed by atoms with Gasteiger partial charge in [-0.3, -0.25) is 0 Å². The maximum atomic E-state index is 13.1. The monoisotopic (exact) mass is 404 g/mol. The van der Waals surface area contributed by atoms with Crippen LogP contribution in [0.2, 0.25) is 0 Å². The molecule has 152 valence electrons. The number of aliphatic hydroxyl groups excluding tert-OH is 1. The zero-order valence-corrected chi connectivity index (χ0v) is 16.0. The van der Waals surface area contributed by atoms with E-state index in [4.69, 9.17) is 0 Å². The van der Waals surface area contributed by atoms with Gasteiger partial charge in [-0.25, -0.2) is 8.42 Å². The molecule has 2 aliphatic heterocycles. The molecule has 2 unspecified atom stereocenters. The van der Waals surface area contributed by atoms with Crippen LogP contribution in [-0.2, 0) is 10.0 Å². The number of halogens is 2. The SMILES string of the molecule is CCC(O)CNC1C[C@H]2CC[C@@H](C1)N2S(=O)(=O)c1ccc(OC(F)F)cc1. The van der Waals surface area contributed by atoms with Gasteiger partial charge in [-0.2, -0.15) is 13.1 Å². The molecule has 0 aromatic heterocycles. The van der Waals surface area contributed by atoms with E-state index in [1.165, 1.54) is 24.3 Å². The van der Waals surface area contributed by atoms with E-state index in [0.29, 0.717) is 25.8 Å². The fraction of sp³-hybridized carbons (Fsp3) is 0.667. The third kappa shape index (κ3) is 4.59. The van der Waals surface area contributed by atoms with Crippen molar-refractivity contribution in [1.29, 1.82) is 0 Å². The Bertz CT molecular complexity index is 715. The maximum Gasteiger partial charge on any atom is 0.387 e. The molecule has 0 aliphatic carbocycles. The lowest BCUT2D eigenvalue weighted by Crippen LogP contribution is -2.52. The predicted octanol–water partition coefficient (Wildman–Crippen LogP) is 2.33. The molecule has 2 fully saturated rings.